The molecule has 2 heteroatoms. The summed E-state index contributed by atoms with van der Waals surface area (Å²) in [6.07, 6.45) is 1.25. The number of hydrogen-bond donors (Lipinski definition) is 1. The Kier molecular flexibility index (Phi) is 4.55. The van der Waals surface area contributed by atoms with E-state index in [-0.39, 0.29) is 5.54 Å². The molecule has 2 nitrogen and oxygen atoms in total. The quantitative estimate of drug-likeness (QED) is 0.900. The van der Waals surface area contributed by atoms with E-state index < -0.39 is 0 Å². The predicted octanol–water partition coefficient (Wildman–Crippen LogP) is 3.85. The summed E-state index contributed by atoms with van der Waals surface area (Å²) in [6.45, 7) is 15.0. The molecule has 1 heterocycles. The van der Waals surface area contributed by atoms with Crippen LogP contribution >= 0.6 is 0 Å². The lowest BCUT2D eigenvalue weighted by Gasteiger charge is -2.47. The molecule has 0 aromatic heterocycles. The van der Waals surface area contributed by atoms with Crippen LogP contribution in [0, 0.1) is 5.41 Å². The highest BCUT2D eigenvalue weighted by Crippen LogP contribution is 2.28. The van der Waals surface area contributed by atoms with Gasteiger partial charge in [-0.1, -0.05) is 51.1 Å². The third-order valence-corrected chi connectivity index (χ3v) is 4.37. The van der Waals surface area contributed by atoms with Gasteiger partial charge in [-0.3, -0.25) is 4.90 Å². The van der Waals surface area contributed by atoms with Gasteiger partial charge in [-0.2, -0.15) is 0 Å². The smallest absolute Gasteiger partial charge is 0.0450 e. The Bertz CT molecular complexity index is 417. The Morgan fingerprint density at radius 2 is 1.85 bits per heavy atom. The zero-order valence-electron chi connectivity index (χ0n) is 13.7. The fraction of sp³-hybridized carbons (Fsp3) is 0.667. The van der Waals surface area contributed by atoms with E-state index in [1.807, 2.05) is 0 Å². The number of rotatable bonds is 3. The Balaban J connectivity index is 2.04. The number of benzene rings is 1. The molecule has 0 saturated carbocycles. The van der Waals surface area contributed by atoms with Crippen LogP contribution in [0.15, 0.2) is 30.3 Å². The van der Waals surface area contributed by atoms with Crippen LogP contribution in [0.25, 0.3) is 0 Å². The van der Waals surface area contributed by atoms with Crippen LogP contribution < -0.4 is 5.32 Å². The molecular formula is C18H30N2. The molecule has 20 heavy (non-hydrogen) atoms. The van der Waals surface area contributed by atoms with Crippen molar-refractivity contribution in [2.45, 2.75) is 52.6 Å². The van der Waals surface area contributed by atoms with E-state index in [1.54, 1.807) is 0 Å². The van der Waals surface area contributed by atoms with Crippen molar-refractivity contribution in [2.24, 2.45) is 5.41 Å². The largest absolute Gasteiger partial charge is 0.307 e. The second-order valence-electron chi connectivity index (χ2n) is 7.91. The molecule has 0 radical (unpaired) electrons. The summed E-state index contributed by atoms with van der Waals surface area (Å²) < 4.78 is 0. The SMILES string of the molecule is CC(C)(C)CCN1CC(c2ccccc2)NCC1(C)C. The van der Waals surface area contributed by atoms with Gasteiger partial charge >= 0.3 is 0 Å². The molecule has 1 unspecified atom stereocenters. The molecule has 1 aromatic carbocycles. The molecule has 1 aliphatic rings. The van der Waals surface area contributed by atoms with Gasteiger partial charge in [-0.25, -0.2) is 0 Å². The molecule has 1 aromatic rings. The van der Waals surface area contributed by atoms with Crippen LogP contribution in [0.3, 0.4) is 0 Å². The van der Waals surface area contributed by atoms with Gasteiger partial charge in [0.05, 0.1) is 0 Å². The van der Waals surface area contributed by atoms with E-state index in [0.29, 0.717) is 11.5 Å². The second-order valence-corrected chi connectivity index (χ2v) is 7.91. The topological polar surface area (TPSA) is 15.3 Å². The fourth-order valence-electron chi connectivity index (χ4n) is 2.79. The first-order valence-electron chi connectivity index (χ1n) is 7.81. The zero-order chi connectivity index (χ0) is 14.8. The van der Waals surface area contributed by atoms with Crippen LogP contribution in [0.5, 0.6) is 0 Å². The van der Waals surface area contributed by atoms with E-state index in [2.05, 4.69) is 75.2 Å². The van der Waals surface area contributed by atoms with E-state index in [1.165, 1.54) is 18.5 Å². The molecule has 1 N–H and O–H groups in total. The third-order valence-electron chi connectivity index (χ3n) is 4.37. The van der Waals surface area contributed by atoms with Gasteiger partial charge in [0.2, 0.25) is 0 Å². The lowest BCUT2D eigenvalue weighted by molar-refractivity contribution is 0.0556. The minimum absolute atomic E-state index is 0.247. The monoisotopic (exact) mass is 274 g/mol. The van der Waals surface area contributed by atoms with Crippen molar-refractivity contribution >= 4 is 0 Å². The van der Waals surface area contributed by atoms with Crippen molar-refractivity contribution in [1.29, 1.82) is 0 Å². The van der Waals surface area contributed by atoms with Crippen molar-refractivity contribution in [3.8, 4) is 0 Å². The Morgan fingerprint density at radius 3 is 2.45 bits per heavy atom. The number of nitrogens with one attached hydrogen (secondary N) is 1. The first kappa shape index (κ1) is 15.5. The molecule has 1 aliphatic heterocycles. The number of nitrogens with zero attached hydrogens (tertiary/aromatic N) is 1. The highest BCUT2D eigenvalue weighted by molar-refractivity contribution is 5.20. The normalized spacial score (nSPS) is 23.8. The molecule has 0 spiro atoms. The van der Waals surface area contributed by atoms with Crippen LogP contribution in [0.1, 0.15) is 52.6 Å². The molecule has 0 amide bonds. The Morgan fingerprint density at radius 1 is 1.20 bits per heavy atom. The maximum absolute atomic E-state index is 3.71. The summed E-state index contributed by atoms with van der Waals surface area (Å²) in [4.78, 5) is 2.66. The molecule has 0 aliphatic carbocycles. The van der Waals surface area contributed by atoms with Gasteiger partial charge in [0.25, 0.3) is 0 Å². The van der Waals surface area contributed by atoms with E-state index in [0.717, 1.165) is 13.1 Å². The summed E-state index contributed by atoms with van der Waals surface area (Å²) in [5.41, 5.74) is 2.06. The van der Waals surface area contributed by atoms with E-state index in [4.69, 9.17) is 0 Å². The van der Waals surface area contributed by atoms with Crippen LogP contribution in [0.4, 0.5) is 0 Å². The zero-order valence-corrected chi connectivity index (χ0v) is 13.7. The first-order valence-corrected chi connectivity index (χ1v) is 7.81. The lowest BCUT2D eigenvalue weighted by atomic mass is 9.89. The number of hydrogen-bond acceptors (Lipinski definition) is 2. The highest BCUT2D eigenvalue weighted by Gasteiger charge is 2.34. The van der Waals surface area contributed by atoms with Crippen LogP contribution in [-0.2, 0) is 0 Å². The van der Waals surface area contributed by atoms with Gasteiger partial charge in [0.1, 0.15) is 0 Å². The van der Waals surface area contributed by atoms with Crippen molar-refractivity contribution in [3.05, 3.63) is 35.9 Å². The maximum atomic E-state index is 3.71. The molecule has 1 saturated heterocycles. The number of piperazine rings is 1. The predicted molar refractivity (Wildman–Crippen MR) is 86.9 cm³/mol. The first-order chi connectivity index (χ1) is 9.28. The third kappa shape index (κ3) is 4.07. The summed E-state index contributed by atoms with van der Waals surface area (Å²) >= 11 is 0. The van der Waals surface area contributed by atoms with Crippen molar-refractivity contribution in [3.63, 3.8) is 0 Å². The van der Waals surface area contributed by atoms with Crippen LogP contribution in [0.2, 0.25) is 0 Å². The van der Waals surface area contributed by atoms with Crippen molar-refractivity contribution in [1.82, 2.24) is 10.2 Å². The van der Waals surface area contributed by atoms with Crippen LogP contribution in [-0.4, -0.2) is 30.1 Å². The molecular weight excluding hydrogens is 244 g/mol. The fourth-order valence-corrected chi connectivity index (χ4v) is 2.79. The average molecular weight is 274 g/mol. The van der Waals surface area contributed by atoms with Gasteiger partial charge in [-0.05, 0) is 37.8 Å². The lowest BCUT2D eigenvalue weighted by Crippen LogP contribution is -2.59. The molecule has 2 rings (SSSR count). The molecule has 0 bridgehead atoms. The Labute approximate surface area is 124 Å². The standard InChI is InChI=1S/C18H30N2/c1-17(2,3)11-12-20-13-16(19-14-18(20,4)5)15-9-7-6-8-10-15/h6-10,16,19H,11-14H2,1-5H3. The second kappa shape index (κ2) is 5.87. The minimum Gasteiger partial charge on any atom is -0.307 e. The molecule has 1 fully saturated rings. The van der Waals surface area contributed by atoms with Crippen molar-refractivity contribution in [2.75, 3.05) is 19.6 Å². The highest BCUT2D eigenvalue weighted by atomic mass is 15.3. The summed E-state index contributed by atoms with van der Waals surface area (Å²) in [5, 5.41) is 3.71. The average Bonchev–Trinajstić information content (AvgIpc) is 2.37. The minimum atomic E-state index is 0.247. The van der Waals surface area contributed by atoms with Crippen molar-refractivity contribution < 1.29 is 0 Å². The summed E-state index contributed by atoms with van der Waals surface area (Å²) in [7, 11) is 0. The van der Waals surface area contributed by atoms with Gasteiger partial charge in [0, 0.05) is 24.7 Å². The maximum Gasteiger partial charge on any atom is 0.0450 e. The van der Waals surface area contributed by atoms with E-state index >= 15 is 0 Å². The summed E-state index contributed by atoms with van der Waals surface area (Å²) in [6, 6.07) is 11.3. The van der Waals surface area contributed by atoms with Gasteiger partial charge in [0.15, 0.2) is 0 Å². The Hall–Kier alpha value is -0.860. The van der Waals surface area contributed by atoms with E-state index in [9.17, 15) is 0 Å². The van der Waals surface area contributed by atoms with Gasteiger partial charge < -0.3 is 5.32 Å². The molecule has 112 valence electrons. The van der Waals surface area contributed by atoms with Gasteiger partial charge in [-0.15, -0.1) is 0 Å². The molecule has 1 atom stereocenters. The summed E-state index contributed by atoms with van der Waals surface area (Å²) in [5.74, 6) is 0.